The molecule has 0 atom stereocenters. The molecule has 4 nitrogen and oxygen atoms in total. The maximum atomic E-state index is 12.6. The fraction of sp³-hybridized carbons (Fsp3) is 0.250. The first kappa shape index (κ1) is 15.3. The number of pyridine rings is 1. The molecule has 110 valence electrons. The van der Waals surface area contributed by atoms with Gasteiger partial charge in [0.25, 0.3) is 0 Å². The van der Waals surface area contributed by atoms with E-state index in [0.717, 1.165) is 11.2 Å². The first-order chi connectivity index (χ1) is 9.88. The van der Waals surface area contributed by atoms with Crippen molar-refractivity contribution >= 4 is 34.1 Å². The summed E-state index contributed by atoms with van der Waals surface area (Å²) in [6.45, 7) is 5.08. The number of hydrogen-bond donors (Lipinski definition) is 2. The zero-order valence-electron chi connectivity index (χ0n) is 12.2. The number of allylic oxidation sites excluding steroid dienone is 2. The van der Waals surface area contributed by atoms with Crippen molar-refractivity contribution in [3.05, 3.63) is 50.8 Å². The summed E-state index contributed by atoms with van der Waals surface area (Å²) in [4.78, 5) is 26.9. The number of amides is 1. The zero-order valence-corrected chi connectivity index (χ0v) is 13.0. The van der Waals surface area contributed by atoms with Gasteiger partial charge < -0.3 is 10.3 Å². The fourth-order valence-corrected chi connectivity index (χ4v) is 2.30. The number of nitrogens with one attached hydrogen (secondary N) is 2. The lowest BCUT2D eigenvalue weighted by Crippen LogP contribution is -2.13. The smallest absolute Gasteiger partial charge is 0.221 e. The van der Waals surface area contributed by atoms with Gasteiger partial charge in [-0.05, 0) is 38.5 Å². The van der Waals surface area contributed by atoms with Crippen LogP contribution in [0.5, 0.6) is 0 Å². The molecule has 0 aliphatic rings. The topological polar surface area (TPSA) is 62.0 Å². The van der Waals surface area contributed by atoms with Gasteiger partial charge in [-0.25, -0.2) is 0 Å². The molecule has 2 N–H and O–H groups in total. The number of benzene rings is 1. The average Bonchev–Trinajstić information content (AvgIpc) is 2.38. The van der Waals surface area contributed by atoms with E-state index in [9.17, 15) is 9.59 Å². The molecule has 1 aromatic heterocycles. The standard InChI is InChI=1S/C16H17ClN2O2/c1-9(17)4-6-13-10(2)18-15-7-5-12(19-11(3)20)8-14(15)16(13)21/h4-5,7-8H,6H2,1-3H3,(H,18,21)(H,19,20)/b9-4-. The summed E-state index contributed by atoms with van der Waals surface area (Å²) in [7, 11) is 0. The van der Waals surface area contributed by atoms with Crippen molar-refractivity contribution in [2.24, 2.45) is 0 Å². The third-order valence-corrected chi connectivity index (χ3v) is 3.38. The molecule has 0 saturated carbocycles. The van der Waals surface area contributed by atoms with Crippen LogP contribution >= 0.6 is 11.6 Å². The molecule has 0 aliphatic heterocycles. The summed E-state index contributed by atoms with van der Waals surface area (Å²) in [6.07, 6.45) is 2.29. The molecule has 2 rings (SSSR count). The van der Waals surface area contributed by atoms with Gasteiger partial charge in [-0.15, -0.1) is 0 Å². The number of aromatic nitrogens is 1. The normalized spacial score (nSPS) is 11.7. The molecule has 0 saturated heterocycles. The number of H-pyrrole nitrogens is 1. The van der Waals surface area contributed by atoms with Crippen LogP contribution in [0.15, 0.2) is 34.1 Å². The third kappa shape index (κ3) is 3.52. The number of fused-ring (bicyclic) bond motifs is 1. The summed E-state index contributed by atoms with van der Waals surface area (Å²) in [5, 5.41) is 3.90. The molecule has 0 radical (unpaired) electrons. The Labute approximate surface area is 127 Å². The first-order valence-corrected chi connectivity index (χ1v) is 7.01. The number of halogens is 1. The van der Waals surface area contributed by atoms with E-state index in [1.807, 2.05) is 13.0 Å². The number of carbonyl (C=O) groups excluding carboxylic acids is 1. The second kappa shape index (κ2) is 6.14. The van der Waals surface area contributed by atoms with Crippen molar-refractivity contribution in [2.75, 3.05) is 5.32 Å². The largest absolute Gasteiger partial charge is 0.358 e. The van der Waals surface area contributed by atoms with Gasteiger partial charge in [0, 0.05) is 39.8 Å². The minimum absolute atomic E-state index is 0.0392. The lowest BCUT2D eigenvalue weighted by molar-refractivity contribution is -0.114. The Morgan fingerprint density at radius 1 is 1.38 bits per heavy atom. The van der Waals surface area contributed by atoms with Crippen molar-refractivity contribution in [1.82, 2.24) is 4.98 Å². The maximum absolute atomic E-state index is 12.6. The van der Waals surface area contributed by atoms with Crippen molar-refractivity contribution < 1.29 is 4.79 Å². The quantitative estimate of drug-likeness (QED) is 0.912. The van der Waals surface area contributed by atoms with Crippen LogP contribution in [0.3, 0.4) is 0 Å². The SMILES string of the molecule is CC(=O)Nc1ccc2[nH]c(C)c(C/C=C(/C)Cl)c(=O)c2c1. The molecule has 1 amide bonds. The highest BCUT2D eigenvalue weighted by atomic mass is 35.5. The van der Waals surface area contributed by atoms with Gasteiger partial charge >= 0.3 is 0 Å². The molecule has 0 aliphatic carbocycles. The van der Waals surface area contributed by atoms with E-state index in [4.69, 9.17) is 11.6 Å². The molecular formula is C16H17ClN2O2. The fourth-order valence-electron chi connectivity index (χ4n) is 2.22. The number of carbonyl (C=O) groups is 1. The maximum Gasteiger partial charge on any atom is 0.221 e. The van der Waals surface area contributed by atoms with Crippen LogP contribution in [0, 0.1) is 6.92 Å². The predicted octanol–water partition coefficient (Wildman–Crippen LogP) is 3.48. The number of anilines is 1. The van der Waals surface area contributed by atoms with Crippen LogP contribution in [0.2, 0.25) is 0 Å². The Morgan fingerprint density at radius 2 is 2.10 bits per heavy atom. The molecule has 0 spiro atoms. The van der Waals surface area contributed by atoms with Gasteiger partial charge in [-0.2, -0.15) is 0 Å². The monoisotopic (exact) mass is 304 g/mol. The van der Waals surface area contributed by atoms with Crippen LogP contribution in [-0.2, 0) is 11.2 Å². The van der Waals surface area contributed by atoms with E-state index >= 15 is 0 Å². The summed E-state index contributed by atoms with van der Waals surface area (Å²) in [5.74, 6) is -0.168. The molecule has 2 aromatic rings. The van der Waals surface area contributed by atoms with E-state index < -0.39 is 0 Å². The van der Waals surface area contributed by atoms with Crippen molar-refractivity contribution in [2.45, 2.75) is 27.2 Å². The molecule has 0 unspecified atom stereocenters. The number of rotatable bonds is 3. The van der Waals surface area contributed by atoms with Crippen LogP contribution in [0.25, 0.3) is 10.9 Å². The average molecular weight is 305 g/mol. The van der Waals surface area contributed by atoms with Gasteiger partial charge in [0.05, 0.1) is 0 Å². The summed E-state index contributed by atoms with van der Waals surface area (Å²) in [6, 6.07) is 5.25. The van der Waals surface area contributed by atoms with Gasteiger partial charge in [-0.3, -0.25) is 9.59 Å². The molecular weight excluding hydrogens is 288 g/mol. The van der Waals surface area contributed by atoms with E-state index in [1.165, 1.54) is 6.92 Å². The molecule has 1 aromatic carbocycles. The predicted molar refractivity (Wildman–Crippen MR) is 86.9 cm³/mol. The number of aromatic amines is 1. The van der Waals surface area contributed by atoms with E-state index in [0.29, 0.717) is 28.1 Å². The summed E-state index contributed by atoms with van der Waals surface area (Å²) in [5.41, 5.74) is 2.83. The highest BCUT2D eigenvalue weighted by Crippen LogP contribution is 2.17. The molecule has 21 heavy (non-hydrogen) atoms. The first-order valence-electron chi connectivity index (χ1n) is 6.64. The Morgan fingerprint density at radius 3 is 2.71 bits per heavy atom. The van der Waals surface area contributed by atoms with E-state index in [-0.39, 0.29) is 11.3 Å². The van der Waals surface area contributed by atoms with Crippen molar-refractivity contribution in [3.63, 3.8) is 0 Å². The lowest BCUT2D eigenvalue weighted by atomic mass is 10.1. The second-order valence-corrected chi connectivity index (χ2v) is 5.59. The highest BCUT2D eigenvalue weighted by Gasteiger charge is 2.09. The highest BCUT2D eigenvalue weighted by molar-refractivity contribution is 6.29. The van der Waals surface area contributed by atoms with Crippen molar-refractivity contribution in [1.29, 1.82) is 0 Å². The number of hydrogen-bond acceptors (Lipinski definition) is 2. The van der Waals surface area contributed by atoms with Gasteiger partial charge in [-0.1, -0.05) is 17.7 Å². The van der Waals surface area contributed by atoms with E-state index in [2.05, 4.69) is 10.3 Å². The number of aryl methyl sites for hydroxylation is 1. The van der Waals surface area contributed by atoms with Crippen molar-refractivity contribution in [3.8, 4) is 0 Å². The van der Waals surface area contributed by atoms with Gasteiger partial charge in [0.15, 0.2) is 5.43 Å². The van der Waals surface area contributed by atoms with Crippen LogP contribution in [0.4, 0.5) is 5.69 Å². The van der Waals surface area contributed by atoms with E-state index in [1.54, 1.807) is 25.1 Å². The Bertz CT molecular complexity index is 787. The minimum Gasteiger partial charge on any atom is -0.358 e. The summed E-state index contributed by atoms with van der Waals surface area (Å²) < 4.78 is 0. The molecule has 0 fully saturated rings. The third-order valence-electron chi connectivity index (χ3n) is 3.22. The zero-order chi connectivity index (χ0) is 15.6. The van der Waals surface area contributed by atoms with Gasteiger partial charge in [0.1, 0.15) is 0 Å². The second-order valence-electron chi connectivity index (χ2n) is 4.99. The Balaban J connectivity index is 2.59. The Kier molecular flexibility index (Phi) is 4.48. The molecule has 0 bridgehead atoms. The van der Waals surface area contributed by atoms with Gasteiger partial charge in [0.2, 0.25) is 5.91 Å². The molecule has 1 heterocycles. The van der Waals surface area contributed by atoms with Crippen LogP contribution in [0.1, 0.15) is 25.1 Å². The minimum atomic E-state index is -0.168. The Hall–Kier alpha value is -2.07. The van der Waals surface area contributed by atoms with Crippen LogP contribution < -0.4 is 10.7 Å². The van der Waals surface area contributed by atoms with Crippen LogP contribution in [-0.4, -0.2) is 10.9 Å². The summed E-state index contributed by atoms with van der Waals surface area (Å²) >= 11 is 5.83. The molecule has 5 heteroatoms. The lowest BCUT2D eigenvalue weighted by Gasteiger charge is -2.08.